The number of anilines is 1. The molecule has 7 nitrogen and oxygen atoms in total. The van der Waals surface area contributed by atoms with E-state index in [-0.39, 0.29) is 11.8 Å². The molecule has 0 fully saturated rings. The van der Waals surface area contributed by atoms with Crippen LogP contribution in [0.2, 0.25) is 0 Å². The van der Waals surface area contributed by atoms with Gasteiger partial charge in [-0.25, -0.2) is 9.59 Å². The topological polar surface area (TPSA) is 111 Å². The van der Waals surface area contributed by atoms with Crippen molar-refractivity contribution < 1.29 is 19.1 Å². The van der Waals surface area contributed by atoms with E-state index in [0.29, 0.717) is 17.7 Å². The Morgan fingerprint density at radius 1 is 1.18 bits per heavy atom. The van der Waals surface area contributed by atoms with Crippen LogP contribution in [0.5, 0.6) is 0 Å². The third-order valence-corrected chi connectivity index (χ3v) is 2.91. The predicted octanol–water partition coefficient (Wildman–Crippen LogP) is 1.49. The summed E-state index contributed by atoms with van der Waals surface area (Å²) in [7, 11) is 1.30. The number of methoxy groups -OCH3 is 1. The zero-order valence-electron chi connectivity index (χ0n) is 12.9. The van der Waals surface area contributed by atoms with Gasteiger partial charge in [-0.1, -0.05) is 13.8 Å². The Hall–Kier alpha value is -2.57. The largest absolute Gasteiger partial charge is 0.465 e. The first-order valence-electron chi connectivity index (χ1n) is 6.88. The Bertz CT molecular complexity index is 540. The third kappa shape index (κ3) is 5.43. The highest BCUT2D eigenvalue weighted by atomic mass is 16.5. The van der Waals surface area contributed by atoms with Gasteiger partial charge in [0.15, 0.2) is 0 Å². The van der Waals surface area contributed by atoms with E-state index in [1.165, 1.54) is 7.11 Å². The molecule has 7 heteroatoms. The van der Waals surface area contributed by atoms with Gasteiger partial charge in [0.05, 0.1) is 12.7 Å². The summed E-state index contributed by atoms with van der Waals surface area (Å²) in [5, 5.41) is 5.10. The number of ether oxygens (including phenoxy) is 1. The number of nitrogens with two attached hydrogens (primary N) is 1. The molecule has 1 atom stereocenters. The molecule has 22 heavy (non-hydrogen) atoms. The SMILES string of the molecule is COC(=O)c1ccc(NC(=O)[C@H](CC(C)C)NC(N)=O)cc1. The number of primary amides is 1. The fourth-order valence-corrected chi connectivity index (χ4v) is 1.91. The molecule has 1 aromatic rings. The van der Waals surface area contributed by atoms with Crippen molar-refractivity contribution >= 4 is 23.6 Å². The number of carbonyl (C=O) groups excluding carboxylic acids is 3. The molecule has 0 saturated heterocycles. The molecule has 4 N–H and O–H groups in total. The van der Waals surface area contributed by atoms with Crippen LogP contribution in [-0.2, 0) is 9.53 Å². The molecule has 0 bridgehead atoms. The normalized spacial score (nSPS) is 11.6. The first-order chi connectivity index (χ1) is 10.3. The van der Waals surface area contributed by atoms with Gasteiger partial charge in [-0.3, -0.25) is 4.79 Å². The number of esters is 1. The number of benzene rings is 1. The van der Waals surface area contributed by atoms with E-state index in [4.69, 9.17) is 5.73 Å². The maximum atomic E-state index is 12.2. The van der Waals surface area contributed by atoms with E-state index in [9.17, 15) is 14.4 Å². The number of urea groups is 1. The molecule has 0 spiro atoms. The quantitative estimate of drug-likeness (QED) is 0.691. The molecule has 0 aromatic heterocycles. The zero-order valence-corrected chi connectivity index (χ0v) is 12.9. The standard InChI is InChI=1S/C15H21N3O4/c1-9(2)8-12(18-15(16)21)13(19)17-11-6-4-10(5-7-11)14(20)22-3/h4-7,9,12H,8H2,1-3H3,(H,17,19)(H3,16,18,21)/t12-/m0/s1. The van der Waals surface area contributed by atoms with Gasteiger partial charge in [-0.15, -0.1) is 0 Å². The fraction of sp³-hybridized carbons (Fsp3) is 0.400. The summed E-state index contributed by atoms with van der Waals surface area (Å²) in [6.07, 6.45) is 0.467. The Balaban J connectivity index is 2.75. The molecular formula is C15H21N3O4. The predicted molar refractivity (Wildman–Crippen MR) is 82.4 cm³/mol. The molecule has 3 amide bonds. The van der Waals surface area contributed by atoms with Crippen LogP contribution in [0.1, 0.15) is 30.6 Å². The van der Waals surface area contributed by atoms with Gasteiger partial charge in [0, 0.05) is 5.69 Å². The summed E-state index contributed by atoms with van der Waals surface area (Å²) < 4.78 is 4.60. The summed E-state index contributed by atoms with van der Waals surface area (Å²) in [5.41, 5.74) is 5.98. The minimum atomic E-state index is -0.748. The molecule has 0 saturated carbocycles. The number of nitrogens with one attached hydrogen (secondary N) is 2. The molecule has 1 rings (SSSR count). The molecule has 1 aromatic carbocycles. The highest BCUT2D eigenvalue weighted by Crippen LogP contribution is 2.12. The average molecular weight is 307 g/mol. The monoisotopic (exact) mass is 307 g/mol. The van der Waals surface area contributed by atoms with E-state index in [0.717, 1.165) is 0 Å². The number of carbonyl (C=O) groups is 3. The van der Waals surface area contributed by atoms with Crippen LogP contribution in [0.3, 0.4) is 0 Å². The van der Waals surface area contributed by atoms with Crippen LogP contribution in [0.25, 0.3) is 0 Å². The molecule has 0 unspecified atom stereocenters. The van der Waals surface area contributed by atoms with E-state index in [2.05, 4.69) is 15.4 Å². The fourth-order valence-electron chi connectivity index (χ4n) is 1.91. The maximum Gasteiger partial charge on any atom is 0.337 e. The summed E-state index contributed by atoms with van der Waals surface area (Å²) in [4.78, 5) is 34.5. The smallest absolute Gasteiger partial charge is 0.337 e. The van der Waals surface area contributed by atoms with Crippen LogP contribution in [0.15, 0.2) is 24.3 Å². The molecule has 0 aliphatic heterocycles. The highest BCUT2D eigenvalue weighted by Gasteiger charge is 2.21. The van der Waals surface area contributed by atoms with Crippen LogP contribution < -0.4 is 16.4 Å². The van der Waals surface area contributed by atoms with Crippen molar-refractivity contribution in [2.45, 2.75) is 26.3 Å². The van der Waals surface area contributed by atoms with E-state index in [1.807, 2.05) is 13.8 Å². The molecule has 0 aliphatic rings. The Kier molecular flexibility index (Phi) is 6.37. The number of rotatable bonds is 6. The van der Waals surface area contributed by atoms with Gasteiger partial charge in [-0.05, 0) is 36.6 Å². The lowest BCUT2D eigenvalue weighted by Gasteiger charge is -2.19. The number of hydrogen-bond acceptors (Lipinski definition) is 4. The minimum absolute atomic E-state index is 0.212. The van der Waals surface area contributed by atoms with Crippen LogP contribution in [0, 0.1) is 5.92 Å². The van der Waals surface area contributed by atoms with E-state index in [1.54, 1.807) is 24.3 Å². The molecular weight excluding hydrogens is 286 g/mol. The number of hydrogen-bond donors (Lipinski definition) is 3. The summed E-state index contributed by atoms with van der Waals surface area (Å²) in [6, 6.07) is 4.79. The lowest BCUT2D eigenvalue weighted by atomic mass is 10.0. The molecule has 0 heterocycles. The van der Waals surface area contributed by atoms with Crippen molar-refractivity contribution in [3.63, 3.8) is 0 Å². The van der Waals surface area contributed by atoms with Crippen molar-refractivity contribution in [1.82, 2.24) is 5.32 Å². The van der Waals surface area contributed by atoms with Crippen molar-refractivity contribution in [2.24, 2.45) is 11.7 Å². The van der Waals surface area contributed by atoms with Gasteiger partial charge < -0.3 is 21.1 Å². The Morgan fingerprint density at radius 2 is 1.77 bits per heavy atom. The molecule has 120 valence electrons. The lowest BCUT2D eigenvalue weighted by Crippen LogP contribution is -2.46. The second-order valence-corrected chi connectivity index (χ2v) is 5.25. The van der Waals surface area contributed by atoms with Crippen molar-refractivity contribution in [2.75, 3.05) is 12.4 Å². The average Bonchev–Trinajstić information content (AvgIpc) is 2.45. The first-order valence-corrected chi connectivity index (χ1v) is 6.88. The summed E-state index contributed by atoms with van der Waals surface area (Å²) in [6.45, 7) is 3.88. The van der Waals surface area contributed by atoms with E-state index < -0.39 is 18.0 Å². The van der Waals surface area contributed by atoms with Crippen LogP contribution in [-0.4, -0.2) is 31.1 Å². The van der Waals surface area contributed by atoms with Crippen molar-refractivity contribution in [3.8, 4) is 0 Å². The van der Waals surface area contributed by atoms with Gasteiger partial charge in [-0.2, -0.15) is 0 Å². The van der Waals surface area contributed by atoms with Crippen molar-refractivity contribution in [3.05, 3.63) is 29.8 Å². The summed E-state index contributed by atoms with van der Waals surface area (Å²) >= 11 is 0. The molecule has 0 aliphatic carbocycles. The molecule has 0 radical (unpaired) electrons. The maximum absolute atomic E-state index is 12.2. The number of amides is 3. The van der Waals surface area contributed by atoms with Gasteiger partial charge in [0.1, 0.15) is 6.04 Å². The minimum Gasteiger partial charge on any atom is -0.465 e. The van der Waals surface area contributed by atoms with Gasteiger partial charge >= 0.3 is 12.0 Å². The van der Waals surface area contributed by atoms with Crippen LogP contribution >= 0.6 is 0 Å². The Labute approximate surface area is 129 Å². The van der Waals surface area contributed by atoms with Gasteiger partial charge in [0.2, 0.25) is 5.91 Å². The lowest BCUT2D eigenvalue weighted by molar-refractivity contribution is -0.118. The van der Waals surface area contributed by atoms with Crippen molar-refractivity contribution in [1.29, 1.82) is 0 Å². The highest BCUT2D eigenvalue weighted by molar-refractivity contribution is 5.97. The first kappa shape index (κ1) is 17.5. The zero-order chi connectivity index (χ0) is 16.7. The van der Waals surface area contributed by atoms with Gasteiger partial charge in [0.25, 0.3) is 0 Å². The second-order valence-electron chi connectivity index (χ2n) is 5.25. The summed E-state index contributed by atoms with van der Waals surface area (Å²) in [5.74, 6) is -0.603. The third-order valence-electron chi connectivity index (χ3n) is 2.91. The van der Waals surface area contributed by atoms with Crippen LogP contribution in [0.4, 0.5) is 10.5 Å². The second kappa shape index (κ2) is 8.02. The Morgan fingerprint density at radius 3 is 2.23 bits per heavy atom. The van der Waals surface area contributed by atoms with E-state index >= 15 is 0 Å².